The Labute approximate surface area is 117 Å². The van der Waals surface area contributed by atoms with E-state index in [2.05, 4.69) is 65.6 Å². The van der Waals surface area contributed by atoms with E-state index in [-0.39, 0.29) is 0 Å². The zero-order valence-corrected chi connectivity index (χ0v) is 14.9. The van der Waals surface area contributed by atoms with Gasteiger partial charge in [-0.2, -0.15) is 0 Å². The number of rotatable bonds is 3. The lowest BCUT2D eigenvalue weighted by Gasteiger charge is -2.27. The van der Waals surface area contributed by atoms with Crippen molar-refractivity contribution < 1.29 is 0 Å². The normalized spacial score (nSPS) is 12.0. The molecule has 0 spiro atoms. The van der Waals surface area contributed by atoms with E-state index in [0.29, 0.717) is 17.8 Å². The van der Waals surface area contributed by atoms with Crippen molar-refractivity contribution in [2.75, 3.05) is 0 Å². The smallest absolute Gasteiger partial charge is 0.0485 e. The lowest BCUT2D eigenvalue weighted by molar-refractivity contribution is 0.788. The molecule has 1 heteroatoms. The van der Waals surface area contributed by atoms with E-state index in [0.717, 1.165) is 0 Å². The number of hydrogen-bond acceptors (Lipinski definition) is 0. The lowest BCUT2D eigenvalue weighted by atomic mass is 9.81. The average Bonchev–Trinajstić information content (AvgIpc) is 2.14. The number of benzene rings is 1. The second-order valence-corrected chi connectivity index (χ2v) is 7.14. The van der Waals surface area contributed by atoms with Gasteiger partial charge in [0, 0.05) is 10.2 Å². The van der Waals surface area contributed by atoms with Gasteiger partial charge in [0.1, 0.15) is 0 Å². The third kappa shape index (κ3) is 2.56. The zero-order chi connectivity index (χ0) is 14.2. The van der Waals surface area contributed by atoms with Gasteiger partial charge < -0.3 is 0 Å². The maximum absolute atomic E-state index is 2.32. The van der Waals surface area contributed by atoms with Crippen LogP contribution in [0.5, 0.6) is 0 Å². The summed E-state index contributed by atoms with van der Waals surface area (Å²) in [6.45, 7) is 18.6. The summed E-state index contributed by atoms with van der Waals surface area (Å²) in [5, 5.41) is 1.56. The van der Waals surface area contributed by atoms with Crippen molar-refractivity contribution in [2.24, 2.45) is 0 Å². The summed E-state index contributed by atoms with van der Waals surface area (Å²) in [5.74, 6) is 1.85. The highest BCUT2D eigenvalue weighted by Gasteiger charge is 2.21. The van der Waals surface area contributed by atoms with Crippen LogP contribution in [0.3, 0.4) is 0 Å². The molecule has 1 aromatic rings. The molecule has 1 aromatic carbocycles. The summed E-state index contributed by atoms with van der Waals surface area (Å²) in [5.41, 5.74) is 7.83. The van der Waals surface area contributed by atoms with Gasteiger partial charge in [-0.1, -0.05) is 46.7 Å². The molecule has 0 aromatic heterocycles. The predicted octanol–water partition coefficient (Wildman–Crippen LogP) is 3.93. The summed E-state index contributed by atoms with van der Waals surface area (Å²) >= 11 is 0. The number of hydrogen-bond donors (Lipinski definition) is 0. The zero-order valence-electron chi connectivity index (χ0n) is 13.4. The summed E-state index contributed by atoms with van der Waals surface area (Å²) in [6.07, 6.45) is 0. The van der Waals surface area contributed by atoms with Crippen LogP contribution in [-0.4, -0.2) is 10.2 Å². The molecular weight excluding hydrogens is 232 g/mol. The molecule has 0 saturated heterocycles. The van der Waals surface area contributed by atoms with Crippen LogP contribution in [0.2, 0.25) is 0 Å². The van der Waals surface area contributed by atoms with Crippen molar-refractivity contribution >= 4 is 15.4 Å². The third-order valence-electron chi connectivity index (χ3n) is 4.00. The minimum absolute atomic E-state index is 0.615. The molecule has 0 aliphatic carbocycles. The van der Waals surface area contributed by atoms with Crippen LogP contribution in [0.4, 0.5) is 0 Å². The molecule has 18 heavy (non-hydrogen) atoms. The fourth-order valence-corrected chi connectivity index (χ4v) is 4.94. The fraction of sp³-hybridized carbons (Fsp3) is 0.647. The molecule has 0 aliphatic rings. The van der Waals surface area contributed by atoms with Crippen molar-refractivity contribution in [1.29, 1.82) is 0 Å². The Hall–Kier alpha value is -0.563. The molecule has 0 fully saturated rings. The van der Waals surface area contributed by atoms with Crippen molar-refractivity contribution in [1.82, 2.24) is 0 Å². The van der Waals surface area contributed by atoms with Gasteiger partial charge in [0.15, 0.2) is 0 Å². The molecule has 1 radical (unpaired) electrons. The molecular formula is C17H29Si. The van der Waals surface area contributed by atoms with Gasteiger partial charge in [-0.05, 0) is 59.4 Å². The Morgan fingerprint density at radius 3 is 1.11 bits per heavy atom. The van der Waals surface area contributed by atoms with Gasteiger partial charge in [0.25, 0.3) is 0 Å². The van der Waals surface area contributed by atoms with Crippen LogP contribution in [-0.2, 0) is 0 Å². The first-order valence-corrected chi connectivity index (χ1v) is 7.89. The summed E-state index contributed by atoms with van der Waals surface area (Å²) < 4.78 is 0. The quantitative estimate of drug-likeness (QED) is 0.723. The second-order valence-electron chi connectivity index (χ2n) is 6.43. The Kier molecular flexibility index (Phi) is 4.82. The minimum atomic E-state index is 0.615. The first-order chi connectivity index (χ1) is 8.20. The molecule has 101 valence electrons. The highest BCUT2D eigenvalue weighted by atomic mass is 28.1. The van der Waals surface area contributed by atoms with Crippen molar-refractivity contribution in [3.63, 3.8) is 0 Å². The summed E-state index contributed by atoms with van der Waals surface area (Å²) in [6, 6.07) is 0. The molecule has 0 heterocycles. The molecule has 0 aliphatic heterocycles. The van der Waals surface area contributed by atoms with Gasteiger partial charge in [0.05, 0.1) is 0 Å². The summed E-state index contributed by atoms with van der Waals surface area (Å²) in [7, 11) is 2.08. The predicted molar refractivity (Wildman–Crippen MR) is 86.4 cm³/mol. The van der Waals surface area contributed by atoms with Gasteiger partial charge in [-0.15, -0.1) is 0 Å². The average molecular weight is 262 g/mol. The highest BCUT2D eigenvalue weighted by molar-refractivity contribution is 6.35. The van der Waals surface area contributed by atoms with E-state index in [1.54, 1.807) is 21.9 Å². The van der Waals surface area contributed by atoms with Crippen LogP contribution in [0.15, 0.2) is 0 Å². The SMILES string of the molecule is Cc1c(C(C)C)c(C)c(C(C)C)c([SiH2])c1C(C)C. The Balaban J connectivity index is 3.76. The maximum atomic E-state index is 2.32. The van der Waals surface area contributed by atoms with Gasteiger partial charge in [-0.3, -0.25) is 0 Å². The fourth-order valence-electron chi connectivity index (χ4n) is 3.60. The van der Waals surface area contributed by atoms with Gasteiger partial charge in [0.2, 0.25) is 0 Å². The highest BCUT2D eigenvalue weighted by Crippen LogP contribution is 2.33. The largest absolute Gasteiger partial charge is 0.0624 e. The van der Waals surface area contributed by atoms with Crippen LogP contribution >= 0.6 is 0 Å². The van der Waals surface area contributed by atoms with Gasteiger partial charge in [-0.25, -0.2) is 0 Å². The molecule has 0 unspecified atom stereocenters. The van der Waals surface area contributed by atoms with E-state index in [1.165, 1.54) is 11.1 Å². The van der Waals surface area contributed by atoms with Crippen molar-refractivity contribution in [2.45, 2.75) is 73.1 Å². The third-order valence-corrected chi connectivity index (χ3v) is 4.76. The van der Waals surface area contributed by atoms with E-state index in [4.69, 9.17) is 0 Å². The molecule has 0 atom stereocenters. The van der Waals surface area contributed by atoms with Crippen LogP contribution in [0, 0.1) is 13.8 Å². The second kappa shape index (κ2) is 5.60. The molecule has 1 rings (SSSR count). The standard InChI is InChI=1S/C17H29Si/c1-9(2)14-12(7)15(10(3)4)17(18)16(11(5)6)13(14)8/h9-11H,18H2,1-8H3. The van der Waals surface area contributed by atoms with E-state index >= 15 is 0 Å². The Morgan fingerprint density at radius 1 is 0.611 bits per heavy atom. The van der Waals surface area contributed by atoms with E-state index in [1.807, 2.05) is 0 Å². The summed E-state index contributed by atoms with van der Waals surface area (Å²) in [4.78, 5) is 0. The Morgan fingerprint density at radius 2 is 0.889 bits per heavy atom. The van der Waals surface area contributed by atoms with Crippen LogP contribution in [0.25, 0.3) is 0 Å². The minimum Gasteiger partial charge on any atom is -0.0624 e. The van der Waals surface area contributed by atoms with E-state index in [9.17, 15) is 0 Å². The van der Waals surface area contributed by atoms with Crippen LogP contribution < -0.4 is 5.19 Å². The molecule has 0 amide bonds. The first kappa shape index (κ1) is 15.5. The van der Waals surface area contributed by atoms with Crippen LogP contribution in [0.1, 0.15) is 87.1 Å². The molecule has 0 bridgehead atoms. The topological polar surface area (TPSA) is 0 Å². The van der Waals surface area contributed by atoms with E-state index < -0.39 is 0 Å². The van der Waals surface area contributed by atoms with Crippen molar-refractivity contribution in [3.8, 4) is 0 Å². The molecule has 0 saturated carbocycles. The first-order valence-electron chi connectivity index (χ1n) is 7.18. The Bertz CT molecular complexity index is 352. The lowest BCUT2D eigenvalue weighted by Crippen LogP contribution is -2.24. The monoisotopic (exact) mass is 261 g/mol. The van der Waals surface area contributed by atoms with Gasteiger partial charge >= 0.3 is 0 Å². The maximum Gasteiger partial charge on any atom is 0.0485 e. The molecule has 0 N–H and O–H groups in total. The van der Waals surface area contributed by atoms with Crippen molar-refractivity contribution in [3.05, 3.63) is 27.8 Å². The molecule has 0 nitrogen and oxygen atoms in total.